The first kappa shape index (κ1) is 23.2. The van der Waals surface area contributed by atoms with Crippen molar-refractivity contribution in [2.45, 2.75) is 52.7 Å². The van der Waals surface area contributed by atoms with Crippen LogP contribution < -0.4 is 10.2 Å². The van der Waals surface area contributed by atoms with Gasteiger partial charge in [-0.1, -0.05) is 13.8 Å². The third-order valence-electron chi connectivity index (χ3n) is 5.19. The number of amides is 1. The second-order valence-corrected chi connectivity index (χ2v) is 8.65. The van der Waals surface area contributed by atoms with E-state index in [1.165, 1.54) is 0 Å². The van der Waals surface area contributed by atoms with Gasteiger partial charge < -0.3 is 15.0 Å². The first-order valence-corrected chi connectivity index (χ1v) is 10.8. The Hall–Kier alpha value is -3.42. The van der Waals surface area contributed by atoms with E-state index in [4.69, 9.17) is 9.72 Å². The van der Waals surface area contributed by atoms with Gasteiger partial charge >= 0.3 is 5.97 Å². The SMILES string of the molecule is CC(OC(=O)c1cc(C(C)C)nc2c1cnn2C(C)C)C(=O)Nc1ccc(N(C)C)cc1. The standard InChI is InChI=1S/C24H31N5O3/c1-14(2)21-12-19(20-13-25-29(15(3)4)22(20)27-21)24(31)32-16(5)23(30)26-17-8-10-18(11-9-17)28(6)7/h8-16H,1-7H3,(H,26,30). The average Bonchev–Trinajstić information content (AvgIpc) is 3.17. The van der Waals surface area contributed by atoms with Gasteiger partial charge in [-0.25, -0.2) is 14.5 Å². The Morgan fingerprint density at radius 1 is 1.06 bits per heavy atom. The minimum atomic E-state index is -0.970. The van der Waals surface area contributed by atoms with Crippen LogP contribution >= 0.6 is 0 Å². The highest BCUT2D eigenvalue weighted by Crippen LogP contribution is 2.25. The topological polar surface area (TPSA) is 89.3 Å². The lowest BCUT2D eigenvalue weighted by Crippen LogP contribution is -2.30. The Bertz CT molecular complexity index is 1120. The molecule has 0 spiro atoms. The maximum Gasteiger partial charge on any atom is 0.339 e. The van der Waals surface area contributed by atoms with Crippen molar-refractivity contribution in [2.75, 3.05) is 24.3 Å². The van der Waals surface area contributed by atoms with Crippen LogP contribution in [-0.2, 0) is 9.53 Å². The van der Waals surface area contributed by atoms with Gasteiger partial charge in [0.05, 0.1) is 17.1 Å². The number of hydrogen-bond donors (Lipinski definition) is 1. The number of aromatic nitrogens is 3. The molecule has 3 aromatic rings. The third kappa shape index (κ3) is 4.90. The summed E-state index contributed by atoms with van der Waals surface area (Å²) in [5, 5.41) is 7.79. The molecule has 1 aromatic carbocycles. The molecule has 8 heteroatoms. The molecule has 32 heavy (non-hydrogen) atoms. The first-order valence-electron chi connectivity index (χ1n) is 10.8. The second kappa shape index (κ2) is 9.38. The predicted octanol–water partition coefficient (Wildman–Crippen LogP) is 4.39. The smallest absolute Gasteiger partial charge is 0.339 e. The molecule has 1 atom stereocenters. The molecule has 0 saturated heterocycles. The van der Waals surface area contributed by atoms with E-state index in [0.717, 1.165) is 11.4 Å². The number of fused-ring (bicyclic) bond motifs is 1. The van der Waals surface area contributed by atoms with Crippen LogP contribution in [0, 0.1) is 0 Å². The summed E-state index contributed by atoms with van der Waals surface area (Å²) in [6, 6.07) is 9.24. The first-order chi connectivity index (χ1) is 15.1. The molecule has 0 radical (unpaired) electrons. The monoisotopic (exact) mass is 437 g/mol. The van der Waals surface area contributed by atoms with Crippen LogP contribution in [0.15, 0.2) is 36.5 Å². The van der Waals surface area contributed by atoms with Crippen LogP contribution in [0.2, 0.25) is 0 Å². The number of benzene rings is 1. The Morgan fingerprint density at radius 2 is 1.72 bits per heavy atom. The van der Waals surface area contributed by atoms with Gasteiger partial charge in [-0.05, 0) is 57.0 Å². The molecule has 170 valence electrons. The van der Waals surface area contributed by atoms with Crippen LogP contribution in [0.3, 0.4) is 0 Å². The zero-order valence-corrected chi connectivity index (χ0v) is 19.7. The highest BCUT2D eigenvalue weighted by molar-refractivity contribution is 6.04. The zero-order valence-electron chi connectivity index (χ0n) is 19.7. The normalized spacial score (nSPS) is 12.3. The summed E-state index contributed by atoms with van der Waals surface area (Å²) >= 11 is 0. The molecule has 0 aliphatic rings. The summed E-state index contributed by atoms with van der Waals surface area (Å²) in [6.45, 7) is 9.59. The number of hydrogen-bond acceptors (Lipinski definition) is 6. The molecule has 1 amide bonds. The predicted molar refractivity (Wildman–Crippen MR) is 126 cm³/mol. The molecule has 8 nitrogen and oxygen atoms in total. The molecule has 3 rings (SSSR count). The van der Waals surface area contributed by atoms with Crippen molar-refractivity contribution in [3.8, 4) is 0 Å². The molecule has 0 fully saturated rings. The van der Waals surface area contributed by atoms with Crippen LogP contribution in [0.1, 0.15) is 62.6 Å². The quantitative estimate of drug-likeness (QED) is 0.552. The lowest BCUT2D eigenvalue weighted by Gasteiger charge is -2.16. The molecular formula is C24H31N5O3. The van der Waals surface area contributed by atoms with Crippen molar-refractivity contribution in [3.63, 3.8) is 0 Å². The summed E-state index contributed by atoms with van der Waals surface area (Å²) in [4.78, 5) is 32.3. The Balaban J connectivity index is 1.80. The molecule has 2 heterocycles. The number of carbonyl (C=O) groups is 2. The number of nitrogens with zero attached hydrogens (tertiary/aromatic N) is 4. The van der Waals surface area contributed by atoms with E-state index < -0.39 is 18.0 Å². The van der Waals surface area contributed by atoms with Crippen molar-refractivity contribution in [1.29, 1.82) is 0 Å². The highest BCUT2D eigenvalue weighted by Gasteiger charge is 2.24. The van der Waals surface area contributed by atoms with Crippen LogP contribution in [0.25, 0.3) is 11.0 Å². The van der Waals surface area contributed by atoms with Crippen molar-refractivity contribution in [2.24, 2.45) is 0 Å². The van der Waals surface area contributed by atoms with E-state index in [1.54, 1.807) is 23.9 Å². The fourth-order valence-electron chi connectivity index (χ4n) is 3.24. The van der Waals surface area contributed by atoms with Crippen molar-refractivity contribution in [3.05, 3.63) is 47.8 Å². The van der Waals surface area contributed by atoms with Gasteiger partial charge in [-0.2, -0.15) is 5.10 Å². The molecule has 1 unspecified atom stereocenters. The average molecular weight is 438 g/mol. The largest absolute Gasteiger partial charge is 0.449 e. The van der Waals surface area contributed by atoms with Gasteiger partial charge in [-0.3, -0.25) is 4.79 Å². The van der Waals surface area contributed by atoms with Gasteiger partial charge in [0.15, 0.2) is 11.8 Å². The van der Waals surface area contributed by atoms with Crippen molar-refractivity contribution in [1.82, 2.24) is 14.8 Å². The van der Waals surface area contributed by atoms with E-state index in [-0.39, 0.29) is 12.0 Å². The van der Waals surface area contributed by atoms with Crippen LogP contribution in [-0.4, -0.2) is 46.8 Å². The summed E-state index contributed by atoms with van der Waals surface area (Å²) < 4.78 is 7.30. The molecule has 1 N–H and O–H groups in total. The summed E-state index contributed by atoms with van der Waals surface area (Å²) in [6.07, 6.45) is 0.655. The number of rotatable bonds is 7. The number of anilines is 2. The number of carbonyl (C=O) groups excluding carboxylic acids is 2. The zero-order chi connectivity index (χ0) is 23.6. The third-order valence-corrected chi connectivity index (χ3v) is 5.19. The number of esters is 1. The summed E-state index contributed by atoms with van der Waals surface area (Å²) in [7, 11) is 3.89. The molecule has 0 aliphatic carbocycles. The van der Waals surface area contributed by atoms with Crippen LogP contribution in [0.4, 0.5) is 11.4 Å². The highest BCUT2D eigenvalue weighted by atomic mass is 16.5. The van der Waals surface area contributed by atoms with Gasteiger partial charge in [0.25, 0.3) is 5.91 Å². The van der Waals surface area contributed by atoms with Crippen molar-refractivity contribution < 1.29 is 14.3 Å². The van der Waals surface area contributed by atoms with E-state index in [0.29, 0.717) is 22.3 Å². The van der Waals surface area contributed by atoms with E-state index in [9.17, 15) is 9.59 Å². The van der Waals surface area contributed by atoms with Gasteiger partial charge in [0.1, 0.15) is 0 Å². The number of pyridine rings is 1. The van der Waals surface area contributed by atoms with Gasteiger partial charge in [0, 0.05) is 37.2 Å². The van der Waals surface area contributed by atoms with E-state index >= 15 is 0 Å². The molecule has 0 bridgehead atoms. The second-order valence-electron chi connectivity index (χ2n) is 8.65. The Kier molecular flexibility index (Phi) is 6.81. The minimum Gasteiger partial charge on any atom is -0.449 e. The van der Waals surface area contributed by atoms with Crippen LogP contribution in [0.5, 0.6) is 0 Å². The summed E-state index contributed by atoms with van der Waals surface area (Å²) in [5.74, 6) is -0.858. The fraction of sp³-hybridized carbons (Fsp3) is 0.417. The molecular weight excluding hydrogens is 406 g/mol. The maximum atomic E-state index is 13.0. The maximum absolute atomic E-state index is 13.0. The Labute approximate surface area is 188 Å². The van der Waals surface area contributed by atoms with E-state index in [1.807, 2.05) is 71.0 Å². The van der Waals surface area contributed by atoms with E-state index in [2.05, 4.69) is 10.4 Å². The molecule has 2 aromatic heterocycles. The number of ether oxygens (including phenoxy) is 1. The van der Waals surface area contributed by atoms with Gasteiger partial charge in [-0.15, -0.1) is 0 Å². The molecule has 0 aliphatic heterocycles. The fourth-order valence-corrected chi connectivity index (χ4v) is 3.24. The Morgan fingerprint density at radius 3 is 2.28 bits per heavy atom. The lowest BCUT2D eigenvalue weighted by atomic mass is 10.1. The van der Waals surface area contributed by atoms with Crippen molar-refractivity contribution >= 4 is 34.3 Å². The number of nitrogens with one attached hydrogen (secondary N) is 1. The molecule has 0 saturated carbocycles. The summed E-state index contributed by atoms with van der Waals surface area (Å²) in [5.41, 5.74) is 3.42. The minimum absolute atomic E-state index is 0.0925. The van der Waals surface area contributed by atoms with Gasteiger partial charge in [0.2, 0.25) is 0 Å². The lowest BCUT2D eigenvalue weighted by molar-refractivity contribution is -0.123.